The van der Waals surface area contributed by atoms with E-state index in [0.29, 0.717) is 36.2 Å². The zero-order valence-electron chi connectivity index (χ0n) is 25.5. The van der Waals surface area contributed by atoms with Crippen molar-refractivity contribution in [2.24, 2.45) is 5.92 Å². The molecule has 3 atom stereocenters. The molecule has 44 heavy (non-hydrogen) atoms. The number of benzene rings is 1. The van der Waals surface area contributed by atoms with Crippen molar-refractivity contribution in [2.45, 2.75) is 77.7 Å². The number of ether oxygens (including phenoxy) is 2. The Kier molecular flexibility index (Phi) is 9.11. The molecule has 0 spiro atoms. The SMILES string of the molecule is CCn1nnc(N2CCC([C@H](C)Oc3cnc(N4C[C@H](NC(=O)OC(C)(C)C)[C@@H](c5cc(F)c(F)cc5F)C4)nc3)CC2)n1. The lowest BCUT2D eigenvalue weighted by Gasteiger charge is -2.34. The normalized spacial score (nSPS) is 20.1. The van der Waals surface area contributed by atoms with E-state index < -0.39 is 41.1 Å². The van der Waals surface area contributed by atoms with Crippen molar-refractivity contribution in [3.05, 3.63) is 47.5 Å². The maximum Gasteiger partial charge on any atom is 0.407 e. The highest BCUT2D eigenvalue weighted by molar-refractivity contribution is 5.68. The second-order valence-electron chi connectivity index (χ2n) is 12.2. The molecule has 0 saturated carbocycles. The van der Waals surface area contributed by atoms with E-state index in [2.05, 4.69) is 35.6 Å². The smallest absolute Gasteiger partial charge is 0.407 e. The number of hydrogen-bond donors (Lipinski definition) is 1. The van der Waals surface area contributed by atoms with Crippen molar-refractivity contribution in [3.63, 3.8) is 0 Å². The third kappa shape index (κ3) is 7.30. The highest BCUT2D eigenvalue weighted by Gasteiger charge is 2.39. The third-order valence-corrected chi connectivity index (χ3v) is 7.89. The summed E-state index contributed by atoms with van der Waals surface area (Å²) >= 11 is 0. The number of anilines is 2. The van der Waals surface area contributed by atoms with E-state index in [4.69, 9.17) is 9.47 Å². The highest BCUT2D eigenvalue weighted by Crippen LogP contribution is 2.33. The summed E-state index contributed by atoms with van der Waals surface area (Å²) in [6.07, 6.45) is 4.17. The maximum absolute atomic E-state index is 14.8. The van der Waals surface area contributed by atoms with Gasteiger partial charge in [0.05, 0.1) is 31.1 Å². The Morgan fingerprint density at radius 3 is 2.34 bits per heavy atom. The Morgan fingerprint density at radius 2 is 1.70 bits per heavy atom. The summed E-state index contributed by atoms with van der Waals surface area (Å²) in [5, 5.41) is 15.3. The van der Waals surface area contributed by atoms with Crippen LogP contribution in [0.25, 0.3) is 0 Å². The lowest BCUT2D eigenvalue weighted by Crippen LogP contribution is -2.43. The summed E-state index contributed by atoms with van der Waals surface area (Å²) in [6.45, 7) is 11.8. The quantitative estimate of drug-likeness (QED) is 0.370. The number of tetrazole rings is 1. The average molecular weight is 618 g/mol. The van der Waals surface area contributed by atoms with Gasteiger partial charge in [-0.1, -0.05) is 5.10 Å². The standard InChI is InChI=1S/C29H38F3N9O3/c1-6-41-37-27(36-38-41)39-9-7-18(8-10-39)17(2)43-19-13-33-26(34-14-19)40-15-21(20-11-23(31)24(32)12-22(20)30)25(16-40)35-28(42)44-29(3,4)5/h11-14,17-18,21,25H,6-10,15-16H2,1-5H3,(H,35,42)/t17-,21+,25-/m0/s1. The average Bonchev–Trinajstić information content (AvgIpc) is 3.62. The van der Waals surface area contributed by atoms with Crippen LogP contribution in [0.3, 0.4) is 0 Å². The van der Waals surface area contributed by atoms with E-state index in [1.165, 1.54) is 0 Å². The predicted octanol–water partition coefficient (Wildman–Crippen LogP) is 4.08. The number of nitrogens with one attached hydrogen (secondary N) is 1. The van der Waals surface area contributed by atoms with E-state index in [1.54, 1.807) is 42.9 Å². The van der Waals surface area contributed by atoms with Crippen molar-refractivity contribution < 1.29 is 27.4 Å². The topological polar surface area (TPSA) is 123 Å². The van der Waals surface area contributed by atoms with Crippen LogP contribution in [0.15, 0.2) is 24.5 Å². The van der Waals surface area contributed by atoms with Gasteiger partial charge in [0.15, 0.2) is 17.4 Å². The molecular formula is C29H38F3N9O3. The number of carbonyl (C=O) groups excluding carboxylic acids is 1. The van der Waals surface area contributed by atoms with Gasteiger partial charge in [0.1, 0.15) is 11.4 Å². The van der Waals surface area contributed by atoms with Gasteiger partial charge in [0, 0.05) is 38.2 Å². The molecular weight excluding hydrogens is 579 g/mol. The monoisotopic (exact) mass is 617 g/mol. The maximum atomic E-state index is 14.8. The van der Waals surface area contributed by atoms with Crippen LogP contribution in [-0.4, -0.2) is 80.2 Å². The number of piperidine rings is 1. The molecule has 5 rings (SSSR count). The van der Waals surface area contributed by atoms with E-state index in [9.17, 15) is 18.0 Å². The van der Waals surface area contributed by atoms with Crippen LogP contribution in [0.5, 0.6) is 5.75 Å². The van der Waals surface area contributed by atoms with Gasteiger partial charge >= 0.3 is 6.09 Å². The number of hydrogen-bond acceptors (Lipinski definition) is 10. The number of alkyl carbamates (subject to hydrolysis) is 1. The van der Waals surface area contributed by atoms with Crippen molar-refractivity contribution in [1.29, 1.82) is 0 Å². The van der Waals surface area contributed by atoms with Gasteiger partial charge in [0.2, 0.25) is 5.95 Å². The van der Waals surface area contributed by atoms with Gasteiger partial charge in [-0.3, -0.25) is 0 Å². The first kappa shape index (κ1) is 31.3. The lowest BCUT2D eigenvalue weighted by molar-refractivity contribution is 0.0504. The molecule has 0 aliphatic carbocycles. The van der Waals surface area contributed by atoms with Crippen LogP contribution >= 0.6 is 0 Å². The minimum atomic E-state index is -1.28. The zero-order valence-corrected chi connectivity index (χ0v) is 25.5. The van der Waals surface area contributed by atoms with Gasteiger partial charge < -0.3 is 24.6 Å². The number of amides is 1. The molecule has 3 aromatic rings. The van der Waals surface area contributed by atoms with Gasteiger partial charge in [-0.15, -0.1) is 5.10 Å². The molecule has 2 aliphatic rings. The van der Waals surface area contributed by atoms with E-state index in [-0.39, 0.29) is 24.8 Å². The van der Waals surface area contributed by atoms with E-state index in [1.807, 2.05) is 13.8 Å². The third-order valence-electron chi connectivity index (χ3n) is 7.89. The molecule has 2 saturated heterocycles. The van der Waals surface area contributed by atoms with Gasteiger partial charge in [0.25, 0.3) is 5.95 Å². The van der Waals surface area contributed by atoms with Crippen LogP contribution in [0.4, 0.5) is 29.9 Å². The molecule has 1 aromatic carbocycles. The molecule has 2 aliphatic heterocycles. The van der Waals surface area contributed by atoms with Crippen LogP contribution in [-0.2, 0) is 11.3 Å². The summed E-state index contributed by atoms with van der Waals surface area (Å²) < 4.78 is 54.2. The number of nitrogens with zero attached hydrogens (tertiary/aromatic N) is 8. The molecule has 2 fully saturated rings. The molecule has 0 unspecified atom stereocenters. The fourth-order valence-electron chi connectivity index (χ4n) is 5.62. The summed E-state index contributed by atoms with van der Waals surface area (Å²) in [5.74, 6) is -2.29. The molecule has 2 aromatic heterocycles. The lowest BCUT2D eigenvalue weighted by atomic mass is 9.92. The molecule has 15 heteroatoms. The largest absolute Gasteiger partial charge is 0.487 e. The molecule has 4 heterocycles. The predicted molar refractivity (Wildman–Crippen MR) is 155 cm³/mol. The molecule has 1 amide bonds. The minimum absolute atomic E-state index is 0.0574. The Morgan fingerprint density at radius 1 is 1.02 bits per heavy atom. The Hall–Kier alpha value is -4.17. The second kappa shape index (κ2) is 12.8. The first-order valence-electron chi connectivity index (χ1n) is 14.8. The molecule has 12 nitrogen and oxygen atoms in total. The summed E-state index contributed by atoms with van der Waals surface area (Å²) in [5.41, 5.74) is -0.816. The van der Waals surface area contributed by atoms with E-state index >= 15 is 0 Å². The molecule has 1 N–H and O–H groups in total. The number of carbonyl (C=O) groups is 1. The number of rotatable bonds is 8. The molecule has 238 valence electrons. The first-order chi connectivity index (χ1) is 20.9. The summed E-state index contributed by atoms with van der Waals surface area (Å²) in [6, 6.07) is 0.660. The fraction of sp³-hybridized carbons (Fsp3) is 0.586. The van der Waals surface area contributed by atoms with Crippen molar-refractivity contribution in [2.75, 3.05) is 36.0 Å². The van der Waals surface area contributed by atoms with Crippen molar-refractivity contribution in [3.8, 4) is 5.75 Å². The summed E-state index contributed by atoms with van der Waals surface area (Å²) in [4.78, 5) is 26.9. The van der Waals surface area contributed by atoms with Gasteiger partial charge in [-0.25, -0.2) is 27.9 Å². The first-order valence-corrected chi connectivity index (χ1v) is 14.8. The minimum Gasteiger partial charge on any atom is -0.487 e. The number of aryl methyl sites for hydroxylation is 1. The summed E-state index contributed by atoms with van der Waals surface area (Å²) in [7, 11) is 0. The zero-order chi connectivity index (χ0) is 31.6. The van der Waals surface area contributed by atoms with Gasteiger partial charge in [-0.2, -0.15) is 4.80 Å². The second-order valence-corrected chi connectivity index (χ2v) is 12.2. The molecule has 0 radical (unpaired) electrons. The Labute approximate surface area is 253 Å². The fourth-order valence-corrected chi connectivity index (χ4v) is 5.62. The van der Waals surface area contributed by atoms with Crippen LogP contribution in [0, 0.1) is 23.4 Å². The number of aromatic nitrogens is 6. The van der Waals surface area contributed by atoms with Crippen LogP contribution in [0.1, 0.15) is 58.9 Å². The van der Waals surface area contributed by atoms with Crippen LogP contribution in [0.2, 0.25) is 0 Å². The Balaban J connectivity index is 1.23. The van der Waals surface area contributed by atoms with Crippen molar-refractivity contribution >= 4 is 18.0 Å². The highest BCUT2D eigenvalue weighted by atomic mass is 19.2. The van der Waals surface area contributed by atoms with Crippen molar-refractivity contribution in [1.82, 2.24) is 35.5 Å². The number of halogens is 3. The van der Waals surface area contributed by atoms with Gasteiger partial charge in [-0.05, 0) is 70.2 Å². The van der Waals surface area contributed by atoms with Crippen LogP contribution < -0.4 is 19.9 Å². The Bertz CT molecular complexity index is 1440. The molecule has 0 bridgehead atoms. The van der Waals surface area contributed by atoms with E-state index in [0.717, 1.165) is 32.0 Å².